The second-order valence-electron chi connectivity index (χ2n) is 7.91. The van der Waals surface area contributed by atoms with Crippen molar-refractivity contribution in [3.63, 3.8) is 0 Å². The predicted molar refractivity (Wildman–Crippen MR) is 122 cm³/mol. The molecule has 0 unspecified atom stereocenters. The van der Waals surface area contributed by atoms with Crippen LogP contribution in [0.4, 0.5) is 0 Å². The first-order chi connectivity index (χ1) is 14.8. The Morgan fingerprint density at radius 2 is 1.60 bits per heavy atom. The Morgan fingerprint density at radius 1 is 0.800 bits per heavy atom. The van der Waals surface area contributed by atoms with Crippen LogP contribution >= 0.6 is 0 Å². The van der Waals surface area contributed by atoms with Crippen molar-refractivity contribution >= 4 is 10.8 Å². The van der Waals surface area contributed by atoms with Gasteiger partial charge in [-0.2, -0.15) is 0 Å². The fourth-order valence-corrected chi connectivity index (χ4v) is 4.17. The molecule has 0 saturated carbocycles. The van der Waals surface area contributed by atoms with Gasteiger partial charge in [-0.25, -0.2) is 0 Å². The number of ether oxygens (including phenoxy) is 2. The number of likely N-dealkylation sites (tertiary alicyclic amines) is 1. The first-order valence-corrected chi connectivity index (χ1v) is 11.0. The summed E-state index contributed by atoms with van der Waals surface area (Å²) in [5, 5.41) is 11.5. The molecule has 4 nitrogen and oxygen atoms in total. The third-order valence-corrected chi connectivity index (χ3v) is 5.78. The fourth-order valence-electron chi connectivity index (χ4n) is 4.17. The van der Waals surface area contributed by atoms with Gasteiger partial charge in [0.25, 0.3) is 0 Å². The minimum atomic E-state index is 0.00965. The summed E-state index contributed by atoms with van der Waals surface area (Å²) in [4.78, 5) is 2.49. The summed E-state index contributed by atoms with van der Waals surface area (Å²) in [7, 11) is 0. The second kappa shape index (κ2) is 10.5. The smallest absolute Gasteiger partial charge is 0.123 e. The van der Waals surface area contributed by atoms with Gasteiger partial charge in [0.05, 0.1) is 6.61 Å². The highest BCUT2D eigenvalue weighted by molar-refractivity contribution is 5.88. The number of benzene rings is 3. The van der Waals surface area contributed by atoms with Gasteiger partial charge >= 0.3 is 0 Å². The number of fused-ring (bicyclic) bond motifs is 1. The van der Waals surface area contributed by atoms with Crippen molar-refractivity contribution in [1.29, 1.82) is 0 Å². The van der Waals surface area contributed by atoms with E-state index in [0.717, 1.165) is 36.6 Å². The Balaban J connectivity index is 1.43. The van der Waals surface area contributed by atoms with Gasteiger partial charge in [-0.3, -0.25) is 4.90 Å². The molecule has 3 aromatic rings. The van der Waals surface area contributed by atoms with Gasteiger partial charge < -0.3 is 14.6 Å². The molecule has 0 amide bonds. The molecule has 3 aromatic carbocycles. The highest BCUT2D eigenvalue weighted by Crippen LogP contribution is 2.30. The van der Waals surface area contributed by atoms with Crippen LogP contribution in [0.1, 0.15) is 30.4 Å². The molecule has 0 bridgehead atoms. The van der Waals surface area contributed by atoms with Crippen LogP contribution in [-0.4, -0.2) is 49.5 Å². The zero-order chi connectivity index (χ0) is 20.6. The maximum atomic E-state index is 9.16. The molecule has 1 aliphatic heterocycles. The van der Waals surface area contributed by atoms with Crippen LogP contribution in [0.3, 0.4) is 0 Å². The molecule has 1 fully saturated rings. The quantitative estimate of drug-likeness (QED) is 0.562. The molecule has 0 radical (unpaired) electrons. The molecule has 1 saturated heterocycles. The van der Waals surface area contributed by atoms with Crippen LogP contribution in [0.15, 0.2) is 60.7 Å². The van der Waals surface area contributed by atoms with E-state index in [1.807, 2.05) is 6.07 Å². The lowest BCUT2D eigenvalue weighted by molar-refractivity contribution is 0.183. The molecular formula is C26H31NO3. The monoisotopic (exact) mass is 405 g/mol. The van der Waals surface area contributed by atoms with E-state index in [1.54, 1.807) is 0 Å². The van der Waals surface area contributed by atoms with Gasteiger partial charge in [0.2, 0.25) is 0 Å². The van der Waals surface area contributed by atoms with Crippen molar-refractivity contribution in [2.45, 2.75) is 25.7 Å². The van der Waals surface area contributed by atoms with Gasteiger partial charge in [-0.05, 0) is 60.5 Å². The summed E-state index contributed by atoms with van der Waals surface area (Å²) in [5.41, 5.74) is 2.36. The first kappa shape index (κ1) is 20.7. The maximum Gasteiger partial charge on any atom is 0.123 e. The maximum absolute atomic E-state index is 9.16. The topological polar surface area (TPSA) is 41.9 Å². The normalized spacial score (nSPS) is 14.7. The van der Waals surface area contributed by atoms with Gasteiger partial charge in [0, 0.05) is 18.5 Å². The number of hydrogen-bond donors (Lipinski definition) is 1. The number of piperidine rings is 1. The van der Waals surface area contributed by atoms with Crippen molar-refractivity contribution in [3.05, 3.63) is 71.8 Å². The SMILES string of the molecule is OCCOc1ccc2ccccc2c1Cc1ccc(OCCN2CCCCC2)cc1. The van der Waals surface area contributed by atoms with Gasteiger partial charge in [-0.1, -0.05) is 48.9 Å². The van der Waals surface area contributed by atoms with Crippen LogP contribution in [0.25, 0.3) is 10.8 Å². The molecule has 0 atom stereocenters. The summed E-state index contributed by atoms with van der Waals surface area (Å²) in [6, 6.07) is 20.8. The van der Waals surface area contributed by atoms with E-state index in [0.29, 0.717) is 6.61 Å². The molecule has 4 rings (SSSR count). The lowest BCUT2D eigenvalue weighted by atomic mass is 9.97. The van der Waals surface area contributed by atoms with E-state index in [2.05, 4.69) is 59.5 Å². The molecular weight excluding hydrogens is 374 g/mol. The molecule has 1 heterocycles. The molecule has 0 spiro atoms. The lowest BCUT2D eigenvalue weighted by Crippen LogP contribution is -2.33. The first-order valence-electron chi connectivity index (χ1n) is 11.0. The van der Waals surface area contributed by atoms with Crippen LogP contribution in [0.2, 0.25) is 0 Å². The van der Waals surface area contributed by atoms with Crippen LogP contribution in [0.5, 0.6) is 11.5 Å². The van der Waals surface area contributed by atoms with Crippen LogP contribution in [0, 0.1) is 0 Å². The summed E-state index contributed by atoms with van der Waals surface area (Å²) in [5.74, 6) is 1.76. The van der Waals surface area contributed by atoms with Crippen molar-refractivity contribution in [1.82, 2.24) is 4.90 Å². The molecule has 1 aliphatic rings. The number of aliphatic hydroxyl groups is 1. The highest BCUT2D eigenvalue weighted by Gasteiger charge is 2.11. The zero-order valence-corrected chi connectivity index (χ0v) is 17.6. The third-order valence-electron chi connectivity index (χ3n) is 5.78. The molecule has 1 N–H and O–H groups in total. The number of nitrogens with zero attached hydrogens (tertiary/aromatic N) is 1. The van der Waals surface area contributed by atoms with Crippen molar-refractivity contribution in [2.24, 2.45) is 0 Å². The van der Waals surface area contributed by atoms with E-state index in [1.165, 1.54) is 48.7 Å². The van der Waals surface area contributed by atoms with E-state index >= 15 is 0 Å². The Bertz CT molecular complexity index is 933. The van der Waals surface area contributed by atoms with Crippen LogP contribution < -0.4 is 9.47 Å². The van der Waals surface area contributed by atoms with Gasteiger partial charge in [-0.15, -0.1) is 0 Å². The molecule has 4 heteroatoms. The molecule has 158 valence electrons. The lowest BCUT2D eigenvalue weighted by Gasteiger charge is -2.26. The average molecular weight is 406 g/mol. The molecule has 30 heavy (non-hydrogen) atoms. The van der Waals surface area contributed by atoms with E-state index in [9.17, 15) is 0 Å². The van der Waals surface area contributed by atoms with Crippen LogP contribution in [-0.2, 0) is 6.42 Å². The summed E-state index contributed by atoms with van der Waals surface area (Å²) in [6.07, 6.45) is 4.76. The van der Waals surface area contributed by atoms with Crippen molar-refractivity contribution in [2.75, 3.05) is 39.5 Å². The minimum absolute atomic E-state index is 0.00965. The largest absolute Gasteiger partial charge is 0.492 e. The molecule has 0 aliphatic carbocycles. The predicted octanol–water partition coefficient (Wildman–Crippen LogP) is 4.67. The summed E-state index contributed by atoms with van der Waals surface area (Å²) >= 11 is 0. The van der Waals surface area contributed by atoms with Gasteiger partial charge in [0.1, 0.15) is 24.7 Å². The van der Waals surface area contributed by atoms with E-state index in [4.69, 9.17) is 14.6 Å². The highest BCUT2D eigenvalue weighted by atomic mass is 16.5. The number of aliphatic hydroxyl groups excluding tert-OH is 1. The van der Waals surface area contributed by atoms with E-state index < -0.39 is 0 Å². The Kier molecular flexibility index (Phi) is 7.22. The Morgan fingerprint density at radius 3 is 2.40 bits per heavy atom. The molecule has 0 aromatic heterocycles. The van der Waals surface area contributed by atoms with Crippen molar-refractivity contribution < 1.29 is 14.6 Å². The fraction of sp³-hybridized carbons (Fsp3) is 0.385. The van der Waals surface area contributed by atoms with Crippen molar-refractivity contribution in [3.8, 4) is 11.5 Å². The minimum Gasteiger partial charge on any atom is -0.492 e. The average Bonchev–Trinajstić information content (AvgIpc) is 2.80. The number of rotatable bonds is 9. The standard InChI is InChI=1S/C26H31NO3/c28-17-19-30-26-13-10-22-6-2-3-7-24(22)25(26)20-21-8-11-23(12-9-21)29-18-16-27-14-4-1-5-15-27/h2-3,6-13,28H,1,4-5,14-20H2. The second-order valence-corrected chi connectivity index (χ2v) is 7.91. The Hall–Kier alpha value is -2.56. The van der Waals surface area contributed by atoms with Gasteiger partial charge in [0.15, 0.2) is 0 Å². The number of hydrogen-bond acceptors (Lipinski definition) is 4. The van der Waals surface area contributed by atoms with E-state index in [-0.39, 0.29) is 6.61 Å². The third kappa shape index (κ3) is 5.32. The summed E-state index contributed by atoms with van der Waals surface area (Å²) in [6.45, 7) is 4.46. The summed E-state index contributed by atoms with van der Waals surface area (Å²) < 4.78 is 11.8. The zero-order valence-electron chi connectivity index (χ0n) is 17.6. The Labute approximate surface area is 179 Å².